The number of likely N-dealkylation sites (tertiary alicyclic amines) is 1. The Bertz CT molecular complexity index is 565. The van der Waals surface area contributed by atoms with Crippen molar-refractivity contribution in [1.29, 1.82) is 0 Å². The lowest BCUT2D eigenvalue weighted by atomic mass is 10.0. The average Bonchev–Trinajstić information content (AvgIpc) is 3.02. The first-order chi connectivity index (χ1) is 10.3. The number of nitrogens with one attached hydrogen (secondary N) is 1. The summed E-state index contributed by atoms with van der Waals surface area (Å²) < 4.78 is 0. The lowest BCUT2D eigenvalue weighted by Gasteiger charge is -2.32. The summed E-state index contributed by atoms with van der Waals surface area (Å²) in [5, 5.41) is 13.3. The third-order valence-electron chi connectivity index (χ3n) is 3.68. The molecule has 2 aromatic rings. The van der Waals surface area contributed by atoms with Crippen molar-refractivity contribution < 1.29 is 4.79 Å². The van der Waals surface area contributed by atoms with E-state index < -0.39 is 0 Å². The van der Waals surface area contributed by atoms with Crippen molar-refractivity contribution >= 4 is 23.1 Å². The fraction of sp³-hybridized carbons (Fsp3) is 0.400. The van der Waals surface area contributed by atoms with E-state index in [1.165, 1.54) is 0 Å². The molecule has 5 nitrogen and oxygen atoms in total. The summed E-state index contributed by atoms with van der Waals surface area (Å²) in [6, 6.07) is 8.17. The van der Waals surface area contributed by atoms with Gasteiger partial charge in [0.05, 0.1) is 6.42 Å². The summed E-state index contributed by atoms with van der Waals surface area (Å²) in [4.78, 5) is 15.3. The smallest absolute Gasteiger partial charge is 0.227 e. The van der Waals surface area contributed by atoms with Crippen LogP contribution < -0.4 is 5.32 Å². The monoisotopic (exact) mass is 302 g/mol. The van der Waals surface area contributed by atoms with E-state index in [1.807, 2.05) is 34.5 Å². The molecule has 3 rings (SSSR count). The number of anilines is 1. The second-order valence-corrected chi connectivity index (χ2v) is 6.20. The van der Waals surface area contributed by atoms with Crippen LogP contribution >= 0.6 is 11.3 Å². The van der Waals surface area contributed by atoms with Crippen molar-refractivity contribution in [1.82, 2.24) is 15.1 Å². The second kappa shape index (κ2) is 6.67. The number of carbonyl (C=O) groups is 1. The number of hydrogen-bond donors (Lipinski definition) is 1. The summed E-state index contributed by atoms with van der Waals surface area (Å²) in [6.45, 7) is 1.62. The van der Waals surface area contributed by atoms with Gasteiger partial charge in [-0.2, -0.15) is 5.10 Å². The molecule has 0 unspecified atom stereocenters. The molecule has 1 aliphatic heterocycles. The number of thiophene rings is 1. The van der Waals surface area contributed by atoms with Crippen LogP contribution in [-0.4, -0.2) is 40.1 Å². The number of hydrogen-bond acceptors (Lipinski definition) is 5. The molecule has 3 heterocycles. The van der Waals surface area contributed by atoms with Gasteiger partial charge < -0.3 is 10.2 Å². The van der Waals surface area contributed by atoms with Crippen LogP contribution in [0.5, 0.6) is 0 Å². The minimum absolute atomic E-state index is 0.232. The Morgan fingerprint density at radius 1 is 1.33 bits per heavy atom. The minimum Gasteiger partial charge on any atom is -0.366 e. The van der Waals surface area contributed by atoms with Crippen molar-refractivity contribution in [2.45, 2.75) is 25.3 Å². The van der Waals surface area contributed by atoms with Crippen LogP contribution in [0.15, 0.2) is 35.8 Å². The largest absolute Gasteiger partial charge is 0.366 e. The zero-order valence-electron chi connectivity index (χ0n) is 11.7. The van der Waals surface area contributed by atoms with Crippen molar-refractivity contribution in [2.75, 3.05) is 18.4 Å². The van der Waals surface area contributed by atoms with Crippen LogP contribution in [0.2, 0.25) is 0 Å². The topological polar surface area (TPSA) is 58.1 Å². The molecule has 1 saturated heterocycles. The molecule has 21 heavy (non-hydrogen) atoms. The molecule has 0 saturated carbocycles. The molecular weight excluding hydrogens is 284 g/mol. The van der Waals surface area contributed by atoms with Crippen molar-refractivity contribution in [3.05, 3.63) is 40.7 Å². The van der Waals surface area contributed by atoms with Gasteiger partial charge in [-0.25, -0.2) is 0 Å². The van der Waals surface area contributed by atoms with E-state index in [1.54, 1.807) is 17.5 Å². The molecular formula is C15H18N4OS. The van der Waals surface area contributed by atoms with Gasteiger partial charge in [-0.3, -0.25) is 4.79 Å². The van der Waals surface area contributed by atoms with E-state index in [4.69, 9.17) is 0 Å². The molecule has 6 heteroatoms. The van der Waals surface area contributed by atoms with E-state index in [0.717, 1.165) is 36.6 Å². The highest BCUT2D eigenvalue weighted by molar-refractivity contribution is 7.10. The third-order valence-corrected chi connectivity index (χ3v) is 4.55. The van der Waals surface area contributed by atoms with Crippen LogP contribution in [0.25, 0.3) is 0 Å². The van der Waals surface area contributed by atoms with E-state index in [9.17, 15) is 4.79 Å². The third kappa shape index (κ3) is 3.78. The first-order valence-electron chi connectivity index (χ1n) is 7.15. The molecule has 0 bridgehead atoms. The van der Waals surface area contributed by atoms with Crippen LogP contribution in [-0.2, 0) is 11.2 Å². The molecule has 1 fully saturated rings. The van der Waals surface area contributed by atoms with Gasteiger partial charge in [0.1, 0.15) is 5.82 Å². The predicted molar refractivity (Wildman–Crippen MR) is 83.3 cm³/mol. The highest BCUT2D eigenvalue weighted by Crippen LogP contribution is 2.17. The summed E-state index contributed by atoms with van der Waals surface area (Å²) in [7, 11) is 0. The van der Waals surface area contributed by atoms with Gasteiger partial charge in [0, 0.05) is 30.2 Å². The summed E-state index contributed by atoms with van der Waals surface area (Å²) in [6.07, 6.45) is 4.09. The maximum absolute atomic E-state index is 12.2. The van der Waals surface area contributed by atoms with Crippen molar-refractivity contribution in [2.24, 2.45) is 0 Å². The van der Waals surface area contributed by atoms with Gasteiger partial charge >= 0.3 is 0 Å². The molecule has 1 aliphatic rings. The lowest BCUT2D eigenvalue weighted by Crippen LogP contribution is -2.43. The fourth-order valence-electron chi connectivity index (χ4n) is 2.53. The van der Waals surface area contributed by atoms with Gasteiger partial charge in [-0.05, 0) is 36.4 Å². The first-order valence-corrected chi connectivity index (χ1v) is 8.03. The normalized spacial score (nSPS) is 15.9. The van der Waals surface area contributed by atoms with Gasteiger partial charge in [0.25, 0.3) is 0 Å². The highest BCUT2D eigenvalue weighted by atomic mass is 32.1. The van der Waals surface area contributed by atoms with Crippen molar-refractivity contribution in [3.63, 3.8) is 0 Å². The Morgan fingerprint density at radius 3 is 2.86 bits per heavy atom. The number of aromatic nitrogens is 2. The Balaban J connectivity index is 1.47. The lowest BCUT2D eigenvalue weighted by molar-refractivity contribution is -0.131. The number of rotatable bonds is 4. The molecule has 0 aromatic carbocycles. The van der Waals surface area contributed by atoms with E-state index in [2.05, 4.69) is 15.5 Å². The zero-order valence-corrected chi connectivity index (χ0v) is 12.6. The summed E-state index contributed by atoms with van der Waals surface area (Å²) >= 11 is 1.64. The Hall–Kier alpha value is -1.95. The van der Waals surface area contributed by atoms with Crippen LogP contribution in [0.3, 0.4) is 0 Å². The number of carbonyl (C=O) groups excluding carboxylic acids is 1. The Labute approximate surface area is 128 Å². The molecule has 0 spiro atoms. The van der Waals surface area contributed by atoms with Crippen LogP contribution in [0.1, 0.15) is 17.7 Å². The first kappa shape index (κ1) is 14.0. The number of amides is 1. The van der Waals surface area contributed by atoms with Crippen LogP contribution in [0.4, 0.5) is 5.82 Å². The summed E-state index contributed by atoms with van der Waals surface area (Å²) in [5.41, 5.74) is 0. The SMILES string of the molecule is O=C(Cc1cccs1)N1CCC(Nc2cccnn2)CC1. The van der Waals surface area contributed by atoms with Gasteiger partial charge in [-0.1, -0.05) is 6.07 Å². The molecule has 1 amide bonds. The standard InChI is InChI=1S/C15H18N4OS/c20-15(11-13-3-2-10-21-13)19-8-5-12(6-9-19)17-14-4-1-7-16-18-14/h1-4,7,10,12H,5-6,8-9,11H2,(H,17,18). The van der Waals surface area contributed by atoms with E-state index >= 15 is 0 Å². The van der Waals surface area contributed by atoms with Gasteiger partial charge in [0.2, 0.25) is 5.91 Å². The molecule has 0 radical (unpaired) electrons. The average molecular weight is 302 g/mol. The summed E-state index contributed by atoms with van der Waals surface area (Å²) in [5.74, 6) is 1.04. The van der Waals surface area contributed by atoms with E-state index in [0.29, 0.717) is 12.5 Å². The fourth-order valence-corrected chi connectivity index (χ4v) is 3.23. The number of piperidine rings is 1. The molecule has 2 aromatic heterocycles. The molecule has 1 N–H and O–H groups in total. The number of nitrogens with zero attached hydrogens (tertiary/aromatic N) is 3. The molecule has 110 valence electrons. The highest BCUT2D eigenvalue weighted by Gasteiger charge is 2.23. The van der Waals surface area contributed by atoms with E-state index in [-0.39, 0.29) is 5.91 Å². The molecule has 0 aliphatic carbocycles. The minimum atomic E-state index is 0.232. The van der Waals surface area contributed by atoms with Crippen molar-refractivity contribution in [3.8, 4) is 0 Å². The Morgan fingerprint density at radius 2 is 2.19 bits per heavy atom. The zero-order chi connectivity index (χ0) is 14.5. The van der Waals surface area contributed by atoms with Gasteiger partial charge in [0.15, 0.2) is 0 Å². The second-order valence-electron chi connectivity index (χ2n) is 5.16. The predicted octanol–water partition coefficient (Wildman–Crippen LogP) is 2.18. The Kier molecular flexibility index (Phi) is 4.45. The molecule has 0 atom stereocenters. The van der Waals surface area contributed by atoms with Crippen LogP contribution in [0, 0.1) is 0 Å². The maximum Gasteiger partial charge on any atom is 0.227 e. The van der Waals surface area contributed by atoms with Gasteiger partial charge in [-0.15, -0.1) is 16.4 Å². The quantitative estimate of drug-likeness (QED) is 0.940. The maximum atomic E-state index is 12.2.